The summed E-state index contributed by atoms with van der Waals surface area (Å²) in [6.45, 7) is 21.4. The van der Waals surface area contributed by atoms with Gasteiger partial charge < -0.3 is 24.8 Å². The number of alkyl halides is 6. The molecule has 1 atom stereocenters. The SMILES string of the molecule is CCCCC1C=C(C(C)(C)C)C=[C]1[Zr+2](=[C](c1cccc(C(F)(F)F)c1)c1cccc(C(F)(F)F)c1)[CH]1c2cc(-c3c(C)cc(C)cc3C)ccc2-c2ccc(-c3c(C)cc(C)cc3C)cc21.[Cl-].[Cl-]. The molecular weight excluding hydrogens is 985 g/mol. The molecular formula is C59H58Cl2F6Zr. The Morgan fingerprint density at radius 2 is 0.985 bits per heavy atom. The summed E-state index contributed by atoms with van der Waals surface area (Å²) in [6.07, 6.45) is -1.93. The Bertz CT molecular complexity index is 2780. The van der Waals surface area contributed by atoms with E-state index in [4.69, 9.17) is 0 Å². The summed E-state index contributed by atoms with van der Waals surface area (Å²) >= 11 is -4.02. The van der Waals surface area contributed by atoms with Gasteiger partial charge in [0.2, 0.25) is 0 Å². The first-order valence-electron chi connectivity index (χ1n) is 23.0. The molecule has 0 spiro atoms. The third kappa shape index (κ3) is 10.4. The van der Waals surface area contributed by atoms with Crippen molar-refractivity contribution < 1.29 is 72.4 Å². The molecule has 0 heterocycles. The Labute approximate surface area is 419 Å². The second-order valence-electron chi connectivity index (χ2n) is 19.8. The van der Waals surface area contributed by atoms with Crippen LogP contribution in [0.3, 0.4) is 0 Å². The van der Waals surface area contributed by atoms with Crippen molar-refractivity contribution in [3.05, 3.63) is 197 Å². The van der Waals surface area contributed by atoms with Crippen molar-refractivity contribution in [3.63, 3.8) is 0 Å². The fourth-order valence-electron chi connectivity index (χ4n) is 10.8. The van der Waals surface area contributed by atoms with Gasteiger partial charge in [-0.25, -0.2) is 0 Å². The molecule has 1 unspecified atom stereocenters. The van der Waals surface area contributed by atoms with E-state index < -0.39 is 44.7 Å². The average molecular weight is 1040 g/mol. The van der Waals surface area contributed by atoms with E-state index in [-0.39, 0.29) is 39.8 Å². The van der Waals surface area contributed by atoms with Gasteiger partial charge in [-0.15, -0.1) is 0 Å². The zero-order valence-electron chi connectivity index (χ0n) is 40.3. The molecule has 0 saturated carbocycles. The molecule has 0 bridgehead atoms. The molecule has 6 aromatic rings. The second kappa shape index (κ2) is 20.2. The molecule has 354 valence electrons. The quantitative estimate of drug-likeness (QED) is 0.127. The zero-order chi connectivity index (χ0) is 47.6. The number of halogens is 8. The van der Waals surface area contributed by atoms with Crippen molar-refractivity contribution in [1.82, 2.24) is 0 Å². The Hall–Kier alpha value is -4.29. The molecule has 68 heavy (non-hydrogen) atoms. The monoisotopic (exact) mass is 1040 g/mol. The van der Waals surface area contributed by atoms with E-state index >= 15 is 0 Å². The predicted molar refractivity (Wildman–Crippen MR) is 258 cm³/mol. The second-order valence-corrected chi connectivity index (χ2v) is 25.9. The van der Waals surface area contributed by atoms with E-state index in [2.05, 4.69) is 142 Å². The number of rotatable bonds is 9. The Balaban J connectivity index is 0.00000381. The van der Waals surface area contributed by atoms with Gasteiger partial charge >= 0.3 is 397 Å². The van der Waals surface area contributed by atoms with Crippen molar-refractivity contribution >= 4 is 3.21 Å². The maximum atomic E-state index is 14.9. The van der Waals surface area contributed by atoms with Crippen LogP contribution in [0.1, 0.15) is 117 Å². The van der Waals surface area contributed by atoms with Crippen molar-refractivity contribution in [2.75, 3.05) is 0 Å². The van der Waals surface area contributed by atoms with Gasteiger partial charge in [-0.05, 0) is 0 Å². The molecule has 2 aliphatic carbocycles. The first kappa shape index (κ1) is 53.1. The number of aryl methyl sites for hydroxylation is 6. The van der Waals surface area contributed by atoms with E-state index in [0.29, 0.717) is 14.3 Å². The van der Waals surface area contributed by atoms with Crippen LogP contribution in [0.4, 0.5) is 26.3 Å². The van der Waals surface area contributed by atoms with Crippen LogP contribution in [-0.2, 0) is 33.6 Å². The number of fused-ring (bicyclic) bond motifs is 3. The molecule has 0 aliphatic heterocycles. The zero-order valence-corrected chi connectivity index (χ0v) is 44.3. The summed E-state index contributed by atoms with van der Waals surface area (Å²) in [6, 6.07) is 32.9. The van der Waals surface area contributed by atoms with Crippen LogP contribution in [-0.4, -0.2) is 3.21 Å². The Kier molecular flexibility index (Phi) is 15.8. The Morgan fingerprint density at radius 1 is 0.559 bits per heavy atom. The number of hydrogen-bond acceptors (Lipinski definition) is 0. The summed E-state index contributed by atoms with van der Waals surface area (Å²) in [5.41, 5.74) is 15.5. The standard InChI is InChI=1S/C31H29.C15H8F6.C13H21.2ClH.Zr/c1-18-11-20(3)30(21(4)12-18)24-7-9-28-26(15-24)17-27-16-25(8-10-29(27)28)31-22(5)13-19(2)14-23(31)6;16-14(17,18)12-5-1-3-10(8-12)7-11-4-2-6-13(9-11)15(19,20)21;1-5-6-7-11-8-9-12(10-11)13(2,3)4;;;/h7-17H,1-6H3;1-6,8-9H;9-11H,5-7H2,1-4H3;2*1H;/q;;;;;+2/p-2. The smallest absolute Gasteiger partial charge is 1.00 e. The van der Waals surface area contributed by atoms with E-state index in [1.807, 2.05) is 0 Å². The van der Waals surface area contributed by atoms with Crippen LogP contribution in [0, 0.1) is 52.9 Å². The fourth-order valence-corrected chi connectivity index (χ4v) is 20.4. The maximum absolute atomic E-state index is 14.9. The number of allylic oxidation sites excluding steroid dienone is 4. The minimum atomic E-state index is -4.67. The minimum absolute atomic E-state index is 0. The molecule has 0 N–H and O–H groups in total. The summed E-state index contributed by atoms with van der Waals surface area (Å²) in [5, 5.41) is 0. The van der Waals surface area contributed by atoms with Crippen LogP contribution in [0.2, 0.25) is 0 Å². The molecule has 6 aromatic carbocycles. The number of benzene rings is 6. The van der Waals surface area contributed by atoms with Crippen LogP contribution >= 0.6 is 0 Å². The maximum Gasteiger partial charge on any atom is -1.00 e. The topological polar surface area (TPSA) is 0 Å². The van der Waals surface area contributed by atoms with Crippen LogP contribution < -0.4 is 24.8 Å². The number of hydrogen-bond donors (Lipinski definition) is 0. The van der Waals surface area contributed by atoms with Gasteiger partial charge in [-0.3, -0.25) is 0 Å². The summed E-state index contributed by atoms with van der Waals surface area (Å²) < 4.78 is 90.7. The van der Waals surface area contributed by atoms with Crippen molar-refractivity contribution in [3.8, 4) is 33.4 Å². The molecule has 0 nitrogen and oxygen atoms in total. The van der Waals surface area contributed by atoms with Crippen molar-refractivity contribution in [2.24, 2.45) is 11.3 Å². The molecule has 0 saturated heterocycles. The van der Waals surface area contributed by atoms with Gasteiger partial charge in [0.25, 0.3) is 0 Å². The summed E-state index contributed by atoms with van der Waals surface area (Å²) in [5.74, 6) is -0.0257. The van der Waals surface area contributed by atoms with E-state index in [1.54, 1.807) is 12.1 Å². The largest absolute Gasteiger partial charge is 1.00 e. The first-order chi connectivity index (χ1) is 31.0. The fraction of sp³-hybridized carbons (Fsp3) is 0.305. The van der Waals surface area contributed by atoms with Crippen molar-refractivity contribution in [2.45, 2.75) is 104 Å². The van der Waals surface area contributed by atoms with Crippen LogP contribution in [0.15, 0.2) is 130 Å². The average Bonchev–Trinajstić information content (AvgIpc) is 3.80. The van der Waals surface area contributed by atoms with Crippen LogP contribution in [0.5, 0.6) is 0 Å². The Morgan fingerprint density at radius 3 is 1.37 bits per heavy atom. The number of unbranched alkanes of at least 4 members (excludes halogenated alkanes) is 1. The normalized spacial score (nSPS) is 14.5. The summed E-state index contributed by atoms with van der Waals surface area (Å²) in [7, 11) is 0. The van der Waals surface area contributed by atoms with E-state index in [0.717, 1.165) is 104 Å². The molecule has 0 amide bonds. The van der Waals surface area contributed by atoms with Crippen molar-refractivity contribution in [1.29, 1.82) is 0 Å². The minimum Gasteiger partial charge on any atom is -1.00 e. The van der Waals surface area contributed by atoms with Gasteiger partial charge in [0.15, 0.2) is 0 Å². The van der Waals surface area contributed by atoms with Gasteiger partial charge in [0, 0.05) is 0 Å². The molecule has 2 aliphatic rings. The first-order valence-corrected chi connectivity index (χ1v) is 26.9. The van der Waals surface area contributed by atoms with E-state index in [1.165, 1.54) is 38.7 Å². The van der Waals surface area contributed by atoms with Crippen LogP contribution in [0.25, 0.3) is 33.4 Å². The molecule has 8 rings (SSSR count). The predicted octanol–water partition coefficient (Wildman–Crippen LogP) is 11.6. The van der Waals surface area contributed by atoms with Gasteiger partial charge in [0.05, 0.1) is 0 Å². The molecule has 0 radical (unpaired) electrons. The molecule has 9 heteroatoms. The third-order valence-corrected chi connectivity index (χ3v) is 22.1. The molecule has 0 fully saturated rings. The van der Waals surface area contributed by atoms with Gasteiger partial charge in [-0.1, -0.05) is 0 Å². The van der Waals surface area contributed by atoms with Gasteiger partial charge in [-0.2, -0.15) is 0 Å². The third-order valence-electron chi connectivity index (χ3n) is 13.6. The molecule has 0 aromatic heterocycles. The van der Waals surface area contributed by atoms with E-state index in [9.17, 15) is 26.3 Å². The van der Waals surface area contributed by atoms with Gasteiger partial charge in [0.1, 0.15) is 0 Å². The summed E-state index contributed by atoms with van der Waals surface area (Å²) in [4.78, 5) is 0.